The summed E-state index contributed by atoms with van der Waals surface area (Å²) in [7, 11) is 0. The number of morpholine rings is 1. The van der Waals surface area contributed by atoms with E-state index in [1.807, 2.05) is 0 Å². The normalized spacial score (nSPS) is 21.1. The van der Waals surface area contributed by atoms with Crippen LogP contribution in [0.2, 0.25) is 0 Å². The third kappa shape index (κ3) is 2.09. The van der Waals surface area contributed by atoms with Gasteiger partial charge in [0.25, 0.3) is 0 Å². The highest BCUT2D eigenvalue weighted by atomic mass is 16.5. The van der Waals surface area contributed by atoms with Crippen LogP contribution in [0.3, 0.4) is 0 Å². The van der Waals surface area contributed by atoms with Crippen molar-refractivity contribution in [1.29, 1.82) is 0 Å². The first-order valence-corrected chi connectivity index (χ1v) is 5.68. The Balaban J connectivity index is 2.28. The molecule has 2 N–H and O–H groups in total. The molecule has 1 fully saturated rings. The Labute approximate surface area is 95.6 Å². The van der Waals surface area contributed by atoms with Crippen LogP contribution in [0.25, 0.3) is 0 Å². The summed E-state index contributed by atoms with van der Waals surface area (Å²) in [5, 5.41) is 0. The van der Waals surface area contributed by atoms with Crippen LogP contribution in [0.5, 0.6) is 0 Å². The number of hydrogen-bond donors (Lipinski definition) is 1. The average Bonchev–Trinajstić information content (AvgIpc) is 2.28. The van der Waals surface area contributed by atoms with Crippen molar-refractivity contribution < 1.29 is 4.74 Å². The number of nitrogen functional groups attached to an aromatic ring is 1. The maximum atomic E-state index is 5.86. The number of rotatable bonds is 2. The predicted octanol–water partition coefficient (Wildman–Crippen LogP) is 0.846. The van der Waals surface area contributed by atoms with E-state index in [-0.39, 0.29) is 6.10 Å². The molecule has 0 amide bonds. The minimum atomic E-state index is 0.245. The number of nitrogens with zero attached hydrogens (tertiary/aromatic N) is 3. The maximum absolute atomic E-state index is 5.86. The molecule has 1 saturated heterocycles. The second-order valence-electron chi connectivity index (χ2n) is 4.04. The molecule has 0 spiro atoms. The predicted molar refractivity (Wildman–Crippen MR) is 63.4 cm³/mol. The van der Waals surface area contributed by atoms with E-state index >= 15 is 0 Å². The molecular weight excluding hydrogens is 204 g/mol. The molecule has 1 aromatic heterocycles. The molecule has 2 rings (SSSR count). The van der Waals surface area contributed by atoms with Gasteiger partial charge in [-0.15, -0.1) is 0 Å². The maximum Gasteiger partial charge on any atom is 0.137 e. The summed E-state index contributed by atoms with van der Waals surface area (Å²) in [5.41, 5.74) is 6.90. The van der Waals surface area contributed by atoms with Gasteiger partial charge in [-0.3, -0.25) is 0 Å². The van der Waals surface area contributed by atoms with Gasteiger partial charge in [-0.1, -0.05) is 6.92 Å². The van der Waals surface area contributed by atoms with Gasteiger partial charge in [0, 0.05) is 18.7 Å². The molecule has 88 valence electrons. The summed E-state index contributed by atoms with van der Waals surface area (Å²) in [6.45, 7) is 6.62. The molecule has 1 unspecified atom stereocenters. The first-order chi connectivity index (χ1) is 7.72. The van der Waals surface area contributed by atoms with Crippen molar-refractivity contribution >= 4 is 11.6 Å². The van der Waals surface area contributed by atoms with E-state index in [0.29, 0.717) is 5.82 Å². The van der Waals surface area contributed by atoms with Crippen LogP contribution in [0.1, 0.15) is 19.4 Å². The van der Waals surface area contributed by atoms with E-state index in [0.717, 1.165) is 37.5 Å². The van der Waals surface area contributed by atoms with Gasteiger partial charge in [-0.2, -0.15) is 0 Å². The van der Waals surface area contributed by atoms with Crippen molar-refractivity contribution in [3.8, 4) is 0 Å². The van der Waals surface area contributed by atoms with Gasteiger partial charge >= 0.3 is 0 Å². The van der Waals surface area contributed by atoms with Crippen LogP contribution in [-0.2, 0) is 11.2 Å². The molecule has 0 aromatic carbocycles. The van der Waals surface area contributed by atoms with Crippen molar-refractivity contribution in [3.63, 3.8) is 0 Å². The molecule has 0 saturated carbocycles. The lowest BCUT2D eigenvalue weighted by Gasteiger charge is -2.33. The first-order valence-electron chi connectivity index (χ1n) is 5.68. The third-order valence-electron chi connectivity index (χ3n) is 2.85. The fraction of sp³-hybridized carbons (Fsp3) is 0.636. The molecule has 1 aromatic rings. The second kappa shape index (κ2) is 4.65. The number of hydrogen-bond acceptors (Lipinski definition) is 5. The molecule has 0 aliphatic carbocycles. The van der Waals surface area contributed by atoms with Gasteiger partial charge in [-0.25, -0.2) is 9.97 Å². The summed E-state index contributed by atoms with van der Waals surface area (Å²) >= 11 is 0. The van der Waals surface area contributed by atoms with Gasteiger partial charge in [0.05, 0.1) is 12.7 Å². The molecule has 1 aliphatic heterocycles. The van der Waals surface area contributed by atoms with E-state index < -0.39 is 0 Å². The molecule has 0 radical (unpaired) electrons. The topological polar surface area (TPSA) is 64.3 Å². The Morgan fingerprint density at radius 1 is 1.56 bits per heavy atom. The minimum absolute atomic E-state index is 0.245. The second-order valence-corrected chi connectivity index (χ2v) is 4.04. The zero-order valence-corrected chi connectivity index (χ0v) is 9.81. The van der Waals surface area contributed by atoms with E-state index in [2.05, 4.69) is 28.7 Å². The van der Waals surface area contributed by atoms with Gasteiger partial charge in [0.2, 0.25) is 0 Å². The van der Waals surface area contributed by atoms with Gasteiger partial charge in [0.1, 0.15) is 18.0 Å². The lowest BCUT2D eigenvalue weighted by molar-refractivity contribution is 0.0529. The number of nitrogens with two attached hydrogens (primary N) is 1. The highest BCUT2D eigenvalue weighted by molar-refractivity contribution is 5.56. The monoisotopic (exact) mass is 222 g/mol. The lowest BCUT2D eigenvalue weighted by atomic mass is 10.2. The average molecular weight is 222 g/mol. The third-order valence-corrected chi connectivity index (χ3v) is 2.85. The summed E-state index contributed by atoms with van der Waals surface area (Å²) in [6.07, 6.45) is 2.63. The fourth-order valence-electron chi connectivity index (χ4n) is 2.04. The van der Waals surface area contributed by atoms with Crippen LogP contribution in [-0.4, -0.2) is 35.8 Å². The summed E-state index contributed by atoms with van der Waals surface area (Å²) in [5.74, 6) is 1.55. The van der Waals surface area contributed by atoms with E-state index in [1.54, 1.807) is 0 Å². The molecule has 5 nitrogen and oxygen atoms in total. The highest BCUT2D eigenvalue weighted by Crippen LogP contribution is 2.23. The van der Waals surface area contributed by atoms with E-state index in [4.69, 9.17) is 10.5 Å². The quantitative estimate of drug-likeness (QED) is 0.803. The number of aromatic nitrogens is 2. The SMILES string of the molecule is CCc1c(N)ncnc1N1CCOC(C)C1. The highest BCUT2D eigenvalue weighted by Gasteiger charge is 2.21. The zero-order valence-electron chi connectivity index (χ0n) is 9.81. The first kappa shape index (κ1) is 11.1. The van der Waals surface area contributed by atoms with Gasteiger partial charge < -0.3 is 15.4 Å². The van der Waals surface area contributed by atoms with Gasteiger partial charge in [0.15, 0.2) is 0 Å². The van der Waals surface area contributed by atoms with Crippen LogP contribution in [0.15, 0.2) is 6.33 Å². The van der Waals surface area contributed by atoms with Crippen molar-refractivity contribution in [3.05, 3.63) is 11.9 Å². The Hall–Kier alpha value is -1.36. The van der Waals surface area contributed by atoms with E-state index in [1.165, 1.54) is 6.33 Å². The van der Waals surface area contributed by atoms with E-state index in [9.17, 15) is 0 Å². The zero-order chi connectivity index (χ0) is 11.5. The smallest absolute Gasteiger partial charge is 0.137 e. The lowest BCUT2D eigenvalue weighted by Crippen LogP contribution is -2.42. The van der Waals surface area contributed by atoms with Crippen molar-refractivity contribution in [2.45, 2.75) is 26.4 Å². The Morgan fingerprint density at radius 3 is 3.06 bits per heavy atom. The Morgan fingerprint density at radius 2 is 2.38 bits per heavy atom. The standard InChI is InChI=1S/C11H18N4O/c1-3-9-10(12)13-7-14-11(9)15-4-5-16-8(2)6-15/h7-8H,3-6H2,1-2H3,(H2,12,13,14). The molecule has 5 heteroatoms. The number of anilines is 2. The fourth-order valence-corrected chi connectivity index (χ4v) is 2.04. The molecule has 1 atom stereocenters. The Bertz CT molecular complexity index is 369. The molecule has 1 aliphatic rings. The van der Waals surface area contributed by atoms with Crippen molar-refractivity contribution in [1.82, 2.24) is 9.97 Å². The van der Waals surface area contributed by atoms with Crippen LogP contribution < -0.4 is 10.6 Å². The summed E-state index contributed by atoms with van der Waals surface area (Å²) < 4.78 is 5.52. The molecule has 16 heavy (non-hydrogen) atoms. The van der Waals surface area contributed by atoms with Crippen molar-refractivity contribution in [2.24, 2.45) is 0 Å². The van der Waals surface area contributed by atoms with Crippen LogP contribution in [0, 0.1) is 0 Å². The van der Waals surface area contributed by atoms with Gasteiger partial charge in [-0.05, 0) is 13.3 Å². The van der Waals surface area contributed by atoms with Crippen LogP contribution in [0.4, 0.5) is 11.6 Å². The summed E-state index contributed by atoms with van der Waals surface area (Å²) in [6, 6.07) is 0. The minimum Gasteiger partial charge on any atom is -0.383 e. The molecular formula is C11H18N4O. The van der Waals surface area contributed by atoms with Crippen molar-refractivity contribution in [2.75, 3.05) is 30.3 Å². The molecule has 0 bridgehead atoms. The summed E-state index contributed by atoms with van der Waals surface area (Å²) in [4.78, 5) is 10.6. The van der Waals surface area contributed by atoms with Crippen LogP contribution >= 0.6 is 0 Å². The molecule has 2 heterocycles. The largest absolute Gasteiger partial charge is 0.383 e. The Kier molecular flexibility index (Phi) is 3.24. The number of ether oxygens (including phenoxy) is 1.